The zero-order valence-electron chi connectivity index (χ0n) is 16.7. The smallest absolute Gasteiger partial charge is 0.223 e. The summed E-state index contributed by atoms with van der Waals surface area (Å²) in [5, 5.41) is 0. The Hall–Kier alpha value is -2.29. The molecule has 0 saturated carbocycles. The SMILES string of the molecule is CCN(CC)C(=O)C[C@H](c1ccc(C)cc1)c1ccc(OC(C)C)cc1. The third kappa shape index (κ3) is 5.35. The van der Waals surface area contributed by atoms with Crippen molar-refractivity contribution >= 4 is 5.91 Å². The number of amides is 1. The Labute approximate surface area is 158 Å². The second kappa shape index (κ2) is 9.42. The van der Waals surface area contributed by atoms with Crippen molar-refractivity contribution in [2.24, 2.45) is 0 Å². The topological polar surface area (TPSA) is 29.5 Å². The van der Waals surface area contributed by atoms with Crippen molar-refractivity contribution in [2.75, 3.05) is 13.1 Å². The molecule has 0 saturated heterocycles. The van der Waals surface area contributed by atoms with E-state index in [1.807, 2.05) is 44.7 Å². The number of nitrogens with zero attached hydrogens (tertiary/aromatic N) is 1. The molecule has 3 heteroatoms. The first-order valence-electron chi connectivity index (χ1n) is 9.55. The fourth-order valence-corrected chi connectivity index (χ4v) is 3.16. The molecule has 0 radical (unpaired) electrons. The molecule has 0 aliphatic heterocycles. The lowest BCUT2D eigenvalue weighted by atomic mass is 9.87. The summed E-state index contributed by atoms with van der Waals surface area (Å²) in [4.78, 5) is 14.6. The molecule has 0 aliphatic carbocycles. The van der Waals surface area contributed by atoms with Gasteiger partial charge < -0.3 is 9.64 Å². The summed E-state index contributed by atoms with van der Waals surface area (Å²) in [7, 11) is 0. The molecule has 0 heterocycles. The second-order valence-corrected chi connectivity index (χ2v) is 6.97. The van der Waals surface area contributed by atoms with E-state index in [4.69, 9.17) is 4.74 Å². The van der Waals surface area contributed by atoms with Crippen LogP contribution in [0.15, 0.2) is 48.5 Å². The van der Waals surface area contributed by atoms with Gasteiger partial charge in [0.1, 0.15) is 5.75 Å². The van der Waals surface area contributed by atoms with E-state index >= 15 is 0 Å². The average Bonchev–Trinajstić information content (AvgIpc) is 2.62. The number of rotatable bonds is 8. The van der Waals surface area contributed by atoms with Crippen LogP contribution in [0.3, 0.4) is 0 Å². The van der Waals surface area contributed by atoms with Crippen LogP contribution in [0.1, 0.15) is 56.7 Å². The van der Waals surface area contributed by atoms with Crippen LogP contribution in [-0.4, -0.2) is 30.0 Å². The lowest BCUT2D eigenvalue weighted by molar-refractivity contribution is -0.131. The fourth-order valence-electron chi connectivity index (χ4n) is 3.16. The number of hydrogen-bond acceptors (Lipinski definition) is 2. The maximum atomic E-state index is 12.7. The van der Waals surface area contributed by atoms with E-state index in [1.165, 1.54) is 11.1 Å². The molecule has 0 aliphatic rings. The standard InChI is InChI=1S/C23H31NO2/c1-6-24(7-2)23(25)16-22(19-10-8-18(5)9-11-19)20-12-14-21(15-13-20)26-17(3)4/h8-15,17,22H,6-7,16H2,1-5H3/t22-/m1/s1. The van der Waals surface area contributed by atoms with Crippen molar-refractivity contribution in [3.05, 3.63) is 65.2 Å². The molecule has 0 fully saturated rings. The second-order valence-electron chi connectivity index (χ2n) is 6.97. The molecule has 0 unspecified atom stereocenters. The van der Waals surface area contributed by atoms with E-state index < -0.39 is 0 Å². The normalized spacial score (nSPS) is 12.1. The van der Waals surface area contributed by atoms with Gasteiger partial charge in [0, 0.05) is 25.4 Å². The molecule has 0 bridgehead atoms. The van der Waals surface area contributed by atoms with Crippen LogP contribution in [0.4, 0.5) is 0 Å². The lowest BCUT2D eigenvalue weighted by Crippen LogP contribution is -2.31. The molecule has 0 aromatic heterocycles. The van der Waals surface area contributed by atoms with Crippen LogP contribution in [0.2, 0.25) is 0 Å². The minimum absolute atomic E-state index is 0.0526. The van der Waals surface area contributed by atoms with Crippen molar-refractivity contribution < 1.29 is 9.53 Å². The van der Waals surface area contributed by atoms with Gasteiger partial charge in [-0.25, -0.2) is 0 Å². The van der Waals surface area contributed by atoms with Crippen LogP contribution >= 0.6 is 0 Å². The van der Waals surface area contributed by atoms with Gasteiger partial charge in [-0.15, -0.1) is 0 Å². The molecule has 2 rings (SSSR count). The molecule has 2 aromatic rings. The Balaban J connectivity index is 2.30. The summed E-state index contributed by atoms with van der Waals surface area (Å²) >= 11 is 0. The van der Waals surface area contributed by atoms with Crippen molar-refractivity contribution in [1.82, 2.24) is 4.90 Å². The predicted octanol–water partition coefficient (Wildman–Crippen LogP) is 5.17. The minimum Gasteiger partial charge on any atom is -0.491 e. The maximum absolute atomic E-state index is 12.7. The van der Waals surface area contributed by atoms with E-state index in [2.05, 4.69) is 43.3 Å². The zero-order valence-corrected chi connectivity index (χ0v) is 16.7. The summed E-state index contributed by atoms with van der Waals surface area (Å²) < 4.78 is 5.75. The number of ether oxygens (including phenoxy) is 1. The van der Waals surface area contributed by atoms with Crippen molar-refractivity contribution in [3.8, 4) is 5.75 Å². The van der Waals surface area contributed by atoms with Gasteiger partial charge in [0.05, 0.1) is 6.10 Å². The van der Waals surface area contributed by atoms with Crippen LogP contribution in [-0.2, 0) is 4.79 Å². The summed E-state index contributed by atoms with van der Waals surface area (Å²) in [6.45, 7) is 11.7. The Morgan fingerprint density at radius 2 is 1.42 bits per heavy atom. The molecule has 0 spiro atoms. The highest BCUT2D eigenvalue weighted by Crippen LogP contribution is 2.30. The molecular weight excluding hydrogens is 322 g/mol. The van der Waals surface area contributed by atoms with Crippen molar-refractivity contribution in [3.63, 3.8) is 0 Å². The van der Waals surface area contributed by atoms with Gasteiger partial charge in [-0.3, -0.25) is 4.79 Å². The van der Waals surface area contributed by atoms with Gasteiger partial charge in [-0.1, -0.05) is 42.0 Å². The van der Waals surface area contributed by atoms with Crippen molar-refractivity contribution in [2.45, 2.75) is 53.1 Å². The molecule has 26 heavy (non-hydrogen) atoms. The molecule has 1 atom stereocenters. The lowest BCUT2D eigenvalue weighted by Gasteiger charge is -2.24. The highest BCUT2D eigenvalue weighted by atomic mass is 16.5. The van der Waals surface area contributed by atoms with Crippen molar-refractivity contribution in [1.29, 1.82) is 0 Å². The molecule has 2 aromatic carbocycles. The monoisotopic (exact) mass is 353 g/mol. The van der Waals surface area contributed by atoms with Crippen LogP contribution < -0.4 is 4.74 Å². The first kappa shape index (κ1) is 20.0. The summed E-state index contributed by atoms with van der Waals surface area (Å²) in [5.41, 5.74) is 3.54. The highest BCUT2D eigenvalue weighted by Gasteiger charge is 2.21. The third-order valence-electron chi connectivity index (χ3n) is 4.63. The van der Waals surface area contributed by atoms with Gasteiger partial charge in [0.15, 0.2) is 0 Å². The average molecular weight is 354 g/mol. The first-order chi connectivity index (χ1) is 12.4. The Bertz CT molecular complexity index is 685. The Morgan fingerprint density at radius 3 is 1.88 bits per heavy atom. The number of hydrogen-bond donors (Lipinski definition) is 0. The molecule has 1 amide bonds. The van der Waals surface area contributed by atoms with Crippen LogP contribution in [0.5, 0.6) is 5.75 Å². The number of benzene rings is 2. The Kier molecular flexibility index (Phi) is 7.26. The van der Waals surface area contributed by atoms with Gasteiger partial charge >= 0.3 is 0 Å². The van der Waals surface area contributed by atoms with Gasteiger partial charge in [0.2, 0.25) is 5.91 Å². The van der Waals surface area contributed by atoms with E-state index in [-0.39, 0.29) is 17.9 Å². The summed E-state index contributed by atoms with van der Waals surface area (Å²) in [6, 6.07) is 16.6. The maximum Gasteiger partial charge on any atom is 0.223 e. The van der Waals surface area contributed by atoms with E-state index in [0.29, 0.717) is 6.42 Å². The summed E-state index contributed by atoms with van der Waals surface area (Å²) in [5.74, 6) is 1.11. The summed E-state index contributed by atoms with van der Waals surface area (Å²) in [6.07, 6.45) is 0.632. The molecular formula is C23H31NO2. The van der Waals surface area contributed by atoms with E-state index in [1.54, 1.807) is 0 Å². The van der Waals surface area contributed by atoms with Crippen LogP contribution in [0, 0.1) is 6.92 Å². The van der Waals surface area contributed by atoms with Gasteiger partial charge in [-0.05, 0) is 57.9 Å². The quantitative estimate of drug-likeness (QED) is 0.655. The number of carbonyl (C=O) groups is 1. The number of carbonyl (C=O) groups excluding carboxylic acids is 1. The Morgan fingerprint density at radius 1 is 0.923 bits per heavy atom. The fraction of sp³-hybridized carbons (Fsp3) is 0.435. The van der Waals surface area contributed by atoms with Gasteiger partial charge in [-0.2, -0.15) is 0 Å². The number of aryl methyl sites for hydroxylation is 1. The van der Waals surface area contributed by atoms with E-state index in [0.717, 1.165) is 24.4 Å². The molecule has 0 N–H and O–H groups in total. The predicted molar refractivity (Wildman–Crippen MR) is 108 cm³/mol. The molecule has 3 nitrogen and oxygen atoms in total. The highest BCUT2D eigenvalue weighted by molar-refractivity contribution is 5.77. The third-order valence-corrected chi connectivity index (χ3v) is 4.63. The van der Waals surface area contributed by atoms with E-state index in [9.17, 15) is 4.79 Å². The van der Waals surface area contributed by atoms with Crippen LogP contribution in [0.25, 0.3) is 0 Å². The van der Waals surface area contributed by atoms with Gasteiger partial charge in [0.25, 0.3) is 0 Å². The first-order valence-corrected chi connectivity index (χ1v) is 9.55. The molecule has 140 valence electrons. The zero-order chi connectivity index (χ0) is 19.1. The minimum atomic E-state index is 0.0526. The largest absolute Gasteiger partial charge is 0.491 e.